The lowest BCUT2D eigenvalue weighted by Gasteiger charge is -2.41. The van der Waals surface area contributed by atoms with E-state index in [2.05, 4.69) is 0 Å². The quantitative estimate of drug-likeness (QED) is 0.611. The summed E-state index contributed by atoms with van der Waals surface area (Å²) in [7, 11) is 5.57. The van der Waals surface area contributed by atoms with Crippen molar-refractivity contribution < 1.29 is 14.4 Å². The number of benzene rings is 1. The number of nitrogens with zero attached hydrogens (tertiary/aromatic N) is 1. The van der Waals surface area contributed by atoms with Gasteiger partial charge in [0.1, 0.15) is 0 Å². The summed E-state index contributed by atoms with van der Waals surface area (Å²) in [6.45, 7) is 11.5. The van der Waals surface area contributed by atoms with E-state index in [1.807, 2.05) is 53.7 Å². The second-order valence-corrected chi connectivity index (χ2v) is 8.28. The van der Waals surface area contributed by atoms with E-state index in [1.165, 1.54) is 4.90 Å². The lowest BCUT2D eigenvalue weighted by Crippen LogP contribution is -2.43. The van der Waals surface area contributed by atoms with Crippen molar-refractivity contribution in [3.05, 3.63) is 29.8 Å². The molecule has 1 aliphatic rings. The van der Waals surface area contributed by atoms with Crippen molar-refractivity contribution in [3.63, 3.8) is 0 Å². The molecule has 0 N–H and O–H groups in total. The van der Waals surface area contributed by atoms with E-state index in [0.29, 0.717) is 5.69 Å². The van der Waals surface area contributed by atoms with Crippen molar-refractivity contribution in [2.45, 2.75) is 53.4 Å². The van der Waals surface area contributed by atoms with Gasteiger partial charge in [-0.3, -0.25) is 14.5 Å². The van der Waals surface area contributed by atoms with Gasteiger partial charge >= 0.3 is 0 Å². The van der Waals surface area contributed by atoms with Crippen LogP contribution < -0.4 is 4.90 Å². The highest BCUT2D eigenvalue weighted by molar-refractivity contribution is 6.59. The Morgan fingerprint density at radius 1 is 1.12 bits per heavy atom. The molecule has 1 aromatic carbocycles. The zero-order valence-corrected chi connectivity index (χ0v) is 15.9. The summed E-state index contributed by atoms with van der Waals surface area (Å²) in [5.41, 5.74) is -0.0895. The van der Waals surface area contributed by atoms with E-state index in [-0.39, 0.29) is 35.8 Å². The Hall–Kier alpha value is -1.91. The van der Waals surface area contributed by atoms with E-state index >= 15 is 0 Å². The molecular formula is C20H26BNO3. The third-order valence-corrected chi connectivity index (χ3v) is 6.01. The fourth-order valence-corrected chi connectivity index (χ4v) is 3.14. The molecule has 2 radical (unpaired) electrons. The molecule has 1 heterocycles. The van der Waals surface area contributed by atoms with Crippen molar-refractivity contribution in [1.29, 1.82) is 0 Å². The van der Waals surface area contributed by atoms with Gasteiger partial charge in [-0.1, -0.05) is 53.7 Å². The number of rotatable bonds is 5. The lowest BCUT2D eigenvalue weighted by molar-refractivity contribution is -0.123. The van der Waals surface area contributed by atoms with Crippen LogP contribution in [0.2, 0.25) is 0 Å². The third kappa shape index (κ3) is 3.16. The molecule has 2 amide bonds. The highest BCUT2D eigenvalue weighted by Crippen LogP contribution is 2.42. The molecule has 5 heteroatoms. The summed E-state index contributed by atoms with van der Waals surface area (Å²) in [5.74, 6) is -0.411. The molecule has 2 rings (SSSR count). The van der Waals surface area contributed by atoms with Crippen LogP contribution in [0.25, 0.3) is 0 Å². The van der Waals surface area contributed by atoms with Crippen LogP contribution in [-0.2, 0) is 19.8 Å². The lowest BCUT2D eigenvalue weighted by atomic mass is 9.58. The molecular weight excluding hydrogens is 313 g/mol. The minimum Gasteiger partial charge on any atom is -0.312 e. The largest absolute Gasteiger partial charge is 0.312 e. The normalized spacial score (nSPS) is 19.0. The molecule has 4 nitrogen and oxygen atoms in total. The predicted molar refractivity (Wildman–Crippen MR) is 99.4 cm³/mol. The number of anilines is 1. The first-order chi connectivity index (χ1) is 11.4. The van der Waals surface area contributed by atoms with Crippen LogP contribution in [0.5, 0.6) is 0 Å². The fraction of sp³-hybridized carbons (Fsp3) is 0.550. The molecule has 1 aromatic rings. The SMILES string of the molecule is [B]C(=O)C(C)(C)C(C)(C)c1ccc(N2C(=O)CC(C(C)C)C2=O)cc1. The molecule has 0 saturated carbocycles. The molecule has 0 aromatic heterocycles. The van der Waals surface area contributed by atoms with Gasteiger partial charge < -0.3 is 4.79 Å². The highest BCUT2D eigenvalue weighted by Gasteiger charge is 2.43. The van der Waals surface area contributed by atoms with Gasteiger partial charge in [0.15, 0.2) is 7.85 Å². The monoisotopic (exact) mass is 339 g/mol. The van der Waals surface area contributed by atoms with E-state index in [9.17, 15) is 14.4 Å². The molecule has 1 aliphatic heterocycles. The first-order valence-corrected chi connectivity index (χ1v) is 8.68. The van der Waals surface area contributed by atoms with Crippen molar-refractivity contribution in [2.24, 2.45) is 17.3 Å². The zero-order chi connectivity index (χ0) is 19.2. The van der Waals surface area contributed by atoms with Gasteiger partial charge in [0.2, 0.25) is 11.8 Å². The Kier molecular flexibility index (Phi) is 5.00. The van der Waals surface area contributed by atoms with E-state index in [4.69, 9.17) is 7.85 Å². The second kappa shape index (κ2) is 6.43. The number of amides is 2. The second-order valence-electron chi connectivity index (χ2n) is 8.28. The molecule has 132 valence electrons. The van der Waals surface area contributed by atoms with Gasteiger partial charge in [0.25, 0.3) is 0 Å². The molecule has 0 bridgehead atoms. The molecule has 1 saturated heterocycles. The minimum absolute atomic E-state index is 0.135. The maximum absolute atomic E-state index is 12.5. The minimum atomic E-state index is -0.740. The maximum atomic E-state index is 12.5. The van der Waals surface area contributed by atoms with E-state index in [0.717, 1.165) is 5.56 Å². The Balaban J connectivity index is 2.34. The number of carbonyl (C=O) groups is 3. The third-order valence-electron chi connectivity index (χ3n) is 6.01. The number of imide groups is 1. The Morgan fingerprint density at radius 3 is 2.04 bits per heavy atom. The van der Waals surface area contributed by atoms with Gasteiger partial charge in [-0.15, -0.1) is 0 Å². The van der Waals surface area contributed by atoms with Gasteiger partial charge in [0.05, 0.1) is 17.3 Å². The van der Waals surface area contributed by atoms with Crippen LogP contribution in [-0.4, -0.2) is 25.3 Å². The number of hydrogen-bond acceptors (Lipinski definition) is 3. The molecule has 1 fully saturated rings. The topological polar surface area (TPSA) is 54.5 Å². The van der Waals surface area contributed by atoms with E-state index in [1.54, 1.807) is 12.1 Å². The molecule has 1 unspecified atom stereocenters. The summed E-state index contributed by atoms with van der Waals surface area (Å²) < 4.78 is 0. The molecule has 0 aliphatic carbocycles. The van der Waals surface area contributed by atoms with Crippen LogP contribution in [0.1, 0.15) is 53.5 Å². The zero-order valence-electron chi connectivity index (χ0n) is 15.9. The fourth-order valence-electron chi connectivity index (χ4n) is 3.14. The van der Waals surface area contributed by atoms with Gasteiger partial charge in [-0.05, 0) is 23.6 Å². The summed E-state index contributed by atoms with van der Waals surface area (Å²) in [4.78, 5) is 37.9. The van der Waals surface area contributed by atoms with Crippen LogP contribution in [0.3, 0.4) is 0 Å². The summed E-state index contributed by atoms with van der Waals surface area (Å²) >= 11 is 0. The average Bonchev–Trinajstić information content (AvgIpc) is 2.82. The van der Waals surface area contributed by atoms with Crippen LogP contribution in [0.15, 0.2) is 24.3 Å². The van der Waals surface area contributed by atoms with Crippen LogP contribution >= 0.6 is 0 Å². The van der Waals surface area contributed by atoms with Crippen molar-refractivity contribution in [3.8, 4) is 0 Å². The van der Waals surface area contributed by atoms with Gasteiger partial charge in [0, 0.05) is 17.3 Å². The summed E-state index contributed by atoms with van der Waals surface area (Å²) in [5, 5.41) is 0. The maximum Gasteiger partial charge on any atom is 0.237 e. The first-order valence-electron chi connectivity index (χ1n) is 8.68. The highest BCUT2D eigenvalue weighted by atomic mass is 16.2. The Morgan fingerprint density at radius 2 is 1.64 bits per heavy atom. The predicted octanol–water partition coefficient (Wildman–Crippen LogP) is 3.22. The molecule has 0 spiro atoms. The first kappa shape index (κ1) is 19.4. The van der Waals surface area contributed by atoms with Gasteiger partial charge in [-0.25, -0.2) is 0 Å². The standard InChI is InChI=1S/C20H26BNO3/c1-12(2)15-11-16(23)22(17(15)24)14-9-7-13(8-10-14)19(3,4)20(5,6)18(21)25/h7-10,12,15H,11H2,1-6H3. The Bertz CT molecular complexity index is 704. The number of hydrogen-bond donors (Lipinski definition) is 0. The summed E-state index contributed by atoms with van der Waals surface area (Å²) in [6.07, 6.45) is 0.262. The smallest absolute Gasteiger partial charge is 0.237 e. The van der Waals surface area contributed by atoms with Crippen molar-refractivity contribution >= 4 is 31.0 Å². The van der Waals surface area contributed by atoms with Crippen LogP contribution in [0.4, 0.5) is 5.69 Å². The van der Waals surface area contributed by atoms with Crippen molar-refractivity contribution in [2.75, 3.05) is 4.90 Å². The average molecular weight is 339 g/mol. The Labute approximate surface area is 151 Å². The van der Waals surface area contributed by atoms with Crippen molar-refractivity contribution in [1.82, 2.24) is 0 Å². The molecule has 1 atom stereocenters. The van der Waals surface area contributed by atoms with E-state index < -0.39 is 10.8 Å². The van der Waals surface area contributed by atoms with Gasteiger partial charge in [-0.2, -0.15) is 0 Å². The number of carbonyl (C=O) groups excluding carboxylic acids is 3. The molecule has 25 heavy (non-hydrogen) atoms. The van der Waals surface area contributed by atoms with Crippen LogP contribution in [0, 0.1) is 17.3 Å². The summed E-state index contributed by atoms with van der Waals surface area (Å²) in [6, 6.07) is 7.27.